The van der Waals surface area contributed by atoms with E-state index in [0.29, 0.717) is 5.75 Å². The molecule has 126 valence electrons. The van der Waals surface area contributed by atoms with Gasteiger partial charge in [-0.2, -0.15) is 0 Å². The zero-order chi connectivity index (χ0) is 17.7. The van der Waals surface area contributed by atoms with Crippen molar-refractivity contribution >= 4 is 23.0 Å². The third kappa shape index (κ3) is 4.22. The van der Waals surface area contributed by atoms with Crippen molar-refractivity contribution in [1.82, 2.24) is 0 Å². The molecular weight excluding hydrogens is 310 g/mol. The Balaban J connectivity index is 2.13. The quantitative estimate of drug-likeness (QED) is 0.626. The molecule has 24 heavy (non-hydrogen) atoms. The van der Waals surface area contributed by atoms with E-state index in [1.54, 1.807) is 6.92 Å². The van der Waals surface area contributed by atoms with Crippen LogP contribution in [0.1, 0.15) is 12.5 Å². The minimum absolute atomic E-state index is 0.120. The molecule has 1 atom stereocenters. The number of benzene rings is 2. The maximum Gasteiger partial charge on any atom is 0.271 e. The lowest BCUT2D eigenvalue weighted by molar-refractivity contribution is -0.384. The van der Waals surface area contributed by atoms with E-state index < -0.39 is 11.0 Å². The summed E-state index contributed by atoms with van der Waals surface area (Å²) < 4.78 is 5.14. The number of nitro groups is 1. The predicted octanol–water partition coefficient (Wildman–Crippen LogP) is 3.35. The van der Waals surface area contributed by atoms with E-state index >= 15 is 0 Å². The van der Waals surface area contributed by atoms with Crippen molar-refractivity contribution in [2.45, 2.75) is 19.9 Å². The second-order valence-electron chi connectivity index (χ2n) is 5.37. The van der Waals surface area contributed by atoms with Crippen molar-refractivity contribution in [3.05, 3.63) is 58.1 Å². The van der Waals surface area contributed by atoms with Crippen LogP contribution in [0.5, 0.6) is 5.75 Å². The molecule has 2 aromatic carbocycles. The molecule has 1 amide bonds. The summed E-state index contributed by atoms with van der Waals surface area (Å²) >= 11 is 0. The van der Waals surface area contributed by atoms with Crippen LogP contribution in [-0.4, -0.2) is 24.0 Å². The highest BCUT2D eigenvalue weighted by Crippen LogP contribution is 2.29. The fourth-order valence-corrected chi connectivity index (χ4v) is 2.20. The monoisotopic (exact) mass is 329 g/mol. The number of carbonyl (C=O) groups is 1. The molecule has 0 heterocycles. The highest BCUT2D eigenvalue weighted by Gasteiger charge is 2.17. The van der Waals surface area contributed by atoms with Gasteiger partial charge in [-0.15, -0.1) is 0 Å². The number of methoxy groups -OCH3 is 1. The van der Waals surface area contributed by atoms with Gasteiger partial charge in [-0.25, -0.2) is 0 Å². The molecule has 7 nitrogen and oxygen atoms in total. The van der Waals surface area contributed by atoms with E-state index in [0.717, 1.165) is 11.3 Å². The first-order valence-corrected chi connectivity index (χ1v) is 7.37. The van der Waals surface area contributed by atoms with Gasteiger partial charge in [0.1, 0.15) is 11.8 Å². The smallest absolute Gasteiger partial charge is 0.271 e. The van der Waals surface area contributed by atoms with Crippen LogP contribution < -0.4 is 15.4 Å². The van der Waals surface area contributed by atoms with E-state index in [-0.39, 0.29) is 17.3 Å². The number of aryl methyl sites for hydroxylation is 1. The Bertz CT molecular complexity index is 761. The Kier molecular flexibility index (Phi) is 5.36. The SMILES string of the molecule is COc1ccc([N+](=O)[O-])cc1NC(=O)[C@H](C)Nc1cccc(C)c1. The first kappa shape index (κ1) is 17.3. The van der Waals surface area contributed by atoms with Crippen LogP contribution in [0.2, 0.25) is 0 Å². The summed E-state index contributed by atoms with van der Waals surface area (Å²) in [5, 5.41) is 16.6. The average Bonchev–Trinajstić information content (AvgIpc) is 2.54. The van der Waals surface area contributed by atoms with Gasteiger partial charge < -0.3 is 15.4 Å². The Morgan fingerprint density at radius 1 is 1.25 bits per heavy atom. The number of hydrogen-bond donors (Lipinski definition) is 2. The van der Waals surface area contributed by atoms with Gasteiger partial charge in [0.25, 0.3) is 5.69 Å². The van der Waals surface area contributed by atoms with Gasteiger partial charge >= 0.3 is 0 Å². The number of rotatable bonds is 6. The van der Waals surface area contributed by atoms with Gasteiger partial charge in [-0.1, -0.05) is 12.1 Å². The molecule has 0 spiro atoms. The van der Waals surface area contributed by atoms with Crippen LogP contribution in [0.15, 0.2) is 42.5 Å². The zero-order valence-corrected chi connectivity index (χ0v) is 13.7. The molecule has 2 rings (SSSR count). The summed E-state index contributed by atoms with van der Waals surface area (Å²) in [5.74, 6) is 0.0343. The molecule has 0 aliphatic heterocycles. The van der Waals surface area contributed by atoms with Gasteiger partial charge in [0.15, 0.2) is 0 Å². The summed E-state index contributed by atoms with van der Waals surface area (Å²) in [6.45, 7) is 3.67. The lowest BCUT2D eigenvalue weighted by atomic mass is 10.2. The minimum Gasteiger partial charge on any atom is -0.495 e. The first-order valence-electron chi connectivity index (χ1n) is 7.37. The van der Waals surface area contributed by atoms with E-state index in [4.69, 9.17) is 4.74 Å². The Morgan fingerprint density at radius 3 is 2.62 bits per heavy atom. The third-order valence-corrected chi connectivity index (χ3v) is 3.45. The van der Waals surface area contributed by atoms with Crippen LogP contribution in [0.4, 0.5) is 17.1 Å². The van der Waals surface area contributed by atoms with Crippen molar-refractivity contribution < 1.29 is 14.5 Å². The third-order valence-electron chi connectivity index (χ3n) is 3.45. The van der Waals surface area contributed by atoms with E-state index in [1.807, 2.05) is 31.2 Å². The maximum absolute atomic E-state index is 12.4. The molecule has 0 fully saturated rings. The second kappa shape index (κ2) is 7.45. The summed E-state index contributed by atoms with van der Waals surface area (Å²) in [7, 11) is 1.44. The molecule has 2 aromatic rings. The topological polar surface area (TPSA) is 93.5 Å². The van der Waals surface area contributed by atoms with Crippen LogP contribution in [0, 0.1) is 17.0 Å². The van der Waals surface area contributed by atoms with E-state index in [2.05, 4.69) is 10.6 Å². The number of carbonyl (C=O) groups excluding carboxylic acids is 1. The van der Waals surface area contributed by atoms with E-state index in [1.165, 1.54) is 25.3 Å². The lowest BCUT2D eigenvalue weighted by Gasteiger charge is -2.17. The summed E-state index contributed by atoms with van der Waals surface area (Å²) in [4.78, 5) is 22.7. The summed E-state index contributed by atoms with van der Waals surface area (Å²) in [5.41, 5.74) is 2.04. The molecule has 0 radical (unpaired) electrons. The Labute approximate surface area is 139 Å². The molecule has 2 N–H and O–H groups in total. The van der Waals surface area contributed by atoms with Crippen molar-refractivity contribution in [3.8, 4) is 5.75 Å². The van der Waals surface area contributed by atoms with Gasteiger partial charge in [-0.3, -0.25) is 14.9 Å². The Hall–Kier alpha value is -3.09. The molecule has 0 bridgehead atoms. The number of amides is 1. The molecule has 0 unspecified atom stereocenters. The molecular formula is C17H19N3O4. The number of nitro benzene ring substituents is 1. The summed E-state index contributed by atoms with van der Waals surface area (Å²) in [6, 6.07) is 11.2. The van der Waals surface area contributed by atoms with Crippen LogP contribution in [-0.2, 0) is 4.79 Å². The number of nitrogens with one attached hydrogen (secondary N) is 2. The number of anilines is 2. The van der Waals surface area contributed by atoms with Crippen LogP contribution in [0.3, 0.4) is 0 Å². The normalized spacial score (nSPS) is 11.5. The maximum atomic E-state index is 12.4. The predicted molar refractivity (Wildman–Crippen MR) is 92.5 cm³/mol. The van der Waals surface area contributed by atoms with Crippen molar-refractivity contribution in [2.24, 2.45) is 0 Å². The standard InChI is InChI=1S/C17H19N3O4/c1-11-5-4-6-13(9-11)18-12(2)17(21)19-15-10-14(20(22)23)7-8-16(15)24-3/h4-10,12,18H,1-3H3,(H,19,21)/t12-/m0/s1. The van der Waals surface area contributed by atoms with Crippen molar-refractivity contribution in [2.75, 3.05) is 17.7 Å². The van der Waals surface area contributed by atoms with Gasteiger partial charge in [0.05, 0.1) is 17.7 Å². The number of nitrogens with zero attached hydrogens (tertiary/aromatic N) is 1. The van der Waals surface area contributed by atoms with E-state index in [9.17, 15) is 14.9 Å². The first-order chi connectivity index (χ1) is 11.4. The molecule has 0 saturated carbocycles. The molecule has 7 heteroatoms. The Morgan fingerprint density at radius 2 is 2.00 bits per heavy atom. The fraction of sp³-hybridized carbons (Fsp3) is 0.235. The van der Waals surface area contributed by atoms with Crippen molar-refractivity contribution in [1.29, 1.82) is 0 Å². The average molecular weight is 329 g/mol. The fourth-order valence-electron chi connectivity index (χ4n) is 2.20. The highest BCUT2D eigenvalue weighted by atomic mass is 16.6. The number of hydrogen-bond acceptors (Lipinski definition) is 5. The number of ether oxygens (including phenoxy) is 1. The van der Waals surface area contributed by atoms with Gasteiger partial charge in [0, 0.05) is 17.8 Å². The second-order valence-corrected chi connectivity index (χ2v) is 5.37. The zero-order valence-electron chi connectivity index (χ0n) is 13.7. The molecule has 0 saturated heterocycles. The van der Waals surface area contributed by atoms with Crippen molar-refractivity contribution in [3.63, 3.8) is 0 Å². The number of non-ortho nitro benzene ring substituents is 1. The minimum atomic E-state index is -0.532. The van der Waals surface area contributed by atoms with Crippen LogP contribution in [0.25, 0.3) is 0 Å². The largest absolute Gasteiger partial charge is 0.495 e. The highest BCUT2D eigenvalue weighted by molar-refractivity contribution is 5.97. The van der Waals surface area contributed by atoms with Gasteiger partial charge in [-0.05, 0) is 37.6 Å². The molecule has 0 aromatic heterocycles. The molecule has 0 aliphatic rings. The van der Waals surface area contributed by atoms with Crippen LogP contribution >= 0.6 is 0 Å². The molecule has 0 aliphatic carbocycles. The summed E-state index contributed by atoms with van der Waals surface area (Å²) in [6.07, 6.45) is 0. The van der Waals surface area contributed by atoms with Gasteiger partial charge in [0.2, 0.25) is 5.91 Å². The lowest BCUT2D eigenvalue weighted by Crippen LogP contribution is -2.32.